The maximum atomic E-state index is 9.35. The number of aryl methyl sites for hydroxylation is 1. The molecule has 0 saturated heterocycles. The molecule has 1 aromatic carbocycles. The number of nitrogen functional groups attached to an aromatic ring is 1. The SMILES string of the molecule is Cn1ncc(-c2ccc(C(C)(C)CO)cc2)c1N. The van der Waals surface area contributed by atoms with E-state index in [4.69, 9.17) is 5.73 Å². The summed E-state index contributed by atoms with van der Waals surface area (Å²) in [5.74, 6) is 0.657. The first-order chi connectivity index (χ1) is 8.45. The van der Waals surface area contributed by atoms with Gasteiger partial charge in [0.2, 0.25) is 0 Å². The Morgan fingerprint density at radius 2 is 1.89 bits per heavy atom. The van der Waals surface area contributed by atoms with Gasteiger partial charge in [-0.2, -0.15) is 5.10 Å². The van der Waals surface area contributed by atoms with Gasteiger partial charge in [-0.25, -0.2) is 0 Å². The molecule has 0 fully saturated rings. The van der Waals surface area contributed by atoms with Gasteiger partial charge in [-0.1, -0.05) is 38.1 Å². The maximum absolute atomic E-state index is 9.35. The van der Waals surface area contributed by atoms with E-state index in [1.807, 2.05) is 45.2 Å². The summed E-state index contributed by atoms with van der Waals surface area (Å²) >= 11 is 0. The lowest BCUT2D eigenvalue weighted by molar-refractivity contribution is 0.218. The van der Waals surface area contributed by atoms with Crippen LogP contribution in [0.25, 0.3) is 11.1 Å². The fraction of sp³-hybridized carbons (Fsp3) is 0.357. The molecule has 4 heteroatoms. The largest absolute Gasteiger partial charge is 0.395 e. The highest BCUT2D eigenvalue weighted by Crippen LogP contribution is 2.28. The van der Waals surface area contributed by atoms with Crippen LogP contribution in [-0.2, 0) is 12.5 Å². The van der Waals surface area contributed by atoms with Gasteiger partial charge >= 0.3 is 0 Å². The topological polar surface area (TPSA) is 64.1 Å². The van der Waals surface area contributed by atoms with Crippen LogP contribution in [0.3, 0.4) is 0 Å². The van der Waals surface area contributed by atoms with Crippen molar-refractivity contribution in [1.29, 1.82) is 0 Å². The van der Waals surface area contributed by atoms with Gasteiger partial charge in [0.05, 0.1) is 12.8 Å². The van der Waals surface area contributed by atoms with Gasteiger partial charge in [0.25, 0.3) is 0 Å². The molecule has 96 valence electrons. The number of rotatable bonds is 3. The summed E-state index contributed by atoms with van der Waals surface area (Å²) in [6.45, 7) is 4.16. The Hall–Kier alpha value is -1.81. The zero-order chi connectivity index (χ0) is 13.3. The molecule has 4 nitrogen and oxygen atoms in total. The minimum absolute atomic E-state index is 0.126. The normalized spacial score (nSPS) is 11.8. The molecular formula is C14H19N3O. The van der Waals surface area contributed by atoms with Crippen molar-refractivity contribution < 1.29 is 5.11 Å². The summed E-state index contributed by atoms with van der Waals surface area (Å²) in [6, 6.07) is 8.08. The number of aliphatic hydroxyl groups excluding tert-OH is 1. The second-order valence-electron chi connectivity index (χ2n) is 5.19. The average molecular weight is 245 g/mol. The number of nitrogens with two attached hydrogens (primary N) is 1. The molecule has 0 amide bonds. The number of aromatic nitrogens is 2. The molecular weight excluding hydrogens is 226 g/mol. The standard InChI is InChI=1S/C14H19N3O/c1-14(2,9-18)11-6-4-10(5-7-11)12-8-16-17(3)13(12)15/h4-8,18H,9,15H2,1-3H3. The Balaban J connectivity index is 2.36. The molecule has 2 aromatic rings. The third-order valence-electron chi connectivity index (χ3n) is 3.36. The second kappa shape index (κ2) is 4.46. The Morgan fingerprint density at radius 1 is 1.28 bits per heavy atom. The van der Waals surface area contributed by atoms with E-state index in [-0.39, 0.29) is 12.0 Å². The number of hydrogen-bond acceptors (Lipinski definition) is 3. The summed E-state index contributed by atoms with van der Waals surface area (Å²) in [5.41, 5.74) is 8.81. The van der Waals surface area contributed by atoms with Crippen LogP contribution in [0.4, 0.5) is 5.82 Å². The number of hydrogen-bond donors (Lipinski definition) is 2. The molecule has 0 bridgehead atoms. The van der Waals surface area contributed by atoms with Crippen molar-refractivity contribution in [3.8, 4) is 11.1 Å². The Kier molecular flexibility index (Phi) is 3.13. The van der Waals surface area contributed by atoms with E-state index in [2.05, 4.69) is 5.10 Å². The molecule has 0 spiro atoms. The monoisotopic (exact) mass is 245 g/mol. The zero-order valence-corrected chi connectivity index (χ0v) is 11.0. The predicted molar refractivity (Wildman–Crippen MR) is 73.2 cm³/mol. The van der Waals surface area contributed by atoms with Crippen molar-refractivity contribution in [2.75, 3.05) is 12.3 Å². The first-order valence-electron chi connectivity index (χ1n) is 5.95. The highest BCUT2D eigenvalue weighted by atomic mass is 16.3. The summed E-state index contributed by atoms with van der Waals surface area (Å²) < 4.78 is 1.65. The second-order valence-corrected chi connectivity index (χ2v) is 5.19. The van der Waals surface area contributed by atoms with E-state index in [1.165, 1.54) is 0 Å². The van der Waals surface area contributed by atoms with Crippen molar-refractivity contribution in [3.05, 3.63) is 36.0 Å². The van der Waals surface area contributed by atoms with Crippen molar-refractivity contribution in [2.45, 2.75) is 19.3 Å². The number of benzene rings is 1. The van der Waals surface area contributed by atoms with Gasteiger partial charge in [-0.15, -0.1) is 0 Å². The lowest BCUT2D eigenvalue weighted by Crippen LogP contribution is -2.21. The van der Waals surface area contributed by atoms with Crippen molar-refractivity contribution >= 4 is 5.82 Å². The van der Waals surface area contributed by atoms with Crippen LogP contribution >= 0.6 is 0 Å². The van der Waals surface area contributed by atoms with Gasteiger partial charge in [-0.05, 0) is 11.1 Å². The van der Waals surface area contributed by atoms with E-state index in [0.29, 0.717) is 5.82 Å². The lowest BCUT2D eigenvalue weighted by atomic mass is 9.85. The Labute approximate surface area is 107 Å². The van der Waals surface area contributed by atoms with Gasteiger partial charge in [0.1, 0.15) is 5.82 Å². The van der Waals surface area contributed by atoms with Crippen molar-refractivity contribution in [3.63, 3.8) is 0 Å². The zero-order valence-electron chi connectivity index (χ0n) is 11.0. The summed E-state index contributed by atoms with van der Waals surface area (Å²) in [4.78, 5) is 0. The fourth-order valence-corrected chi connectivity index (χ4v) is 1.86. The van der Waals surface area contributed by atoms with Crippen molar-refractivity contribution in [2.24, 2.45) is 7.05 Å². The third kappa shape index (κ3) is 2.11. The molecule has 0 aliphatic heterocycles. The molecule has 2 rings (SSSR count). The molecule has 0 atom stereocenters. The molecule has 0 unspecified atom stereocenters. The molecule has 1 aromatic heterocycles. The fourth-order valence-electron chi connectivity index (χ4n) is 1.86. The third-order valence-corrected chi connectivity index (χ3v) is 3.36. The van der Waals surface area contributed by atoms with Crippen LogP contribution in [0.1, 0.15) is 19.4 Å². The van der Waals surface area contributed by atoms with E-state index in [9.17, 15) is 5.11 Å². The number of aliphatic hydroxyl groups is 1. The quantitative estimate of drug-likeness (QED) is 0.868. The van der Waals surface area contributed by atoms with Gasteiger partial charge in [0.15, 0.2) is 0 Å². The molecule has 0 radical (unpaired) electrons. The van der Waals surface area contributed by atoms with E-state index < -0.39 is 0 Å². The highest BCUT2D eigenvalue weighted by molar-refractivity contribution is 5.73. The van der Waals surface area contributed by atoms with Crippen LogP contribution in [0, 0.1) is 0 Å². The first-order valence-corrected chi connectivity index (χ1v) is 5.95. The predicted octanol–water partition coefficient (Wildman–Crippen LogP) is 1.94. The minimum Gasteiger partial charge on any atom is -0.395 e. The first kappa shape index (κ1) is 12.6. The molecule has 1 heterocycles. The van der Waals surface area contributed by atoms with E-state index in [0.717, 1.165) is 16.7 Å². The molecule has 3 N–H and O–H groups in total. The highest BCUT2D eigenvalue weighted by Gasteiger charge is 2.19. The summed E-state index contributed by atoms with van der Waals surface area (Å²) in [7, 11) is 1.82. The molecule has 0 aliphatic carbocycles. The van der Waals surface area contributed by atoms with Crippen LogP contribution in [0.15, 0.2) is 30.5 Å². The lowest BCUT2D eigenvalue weighted by Gasteiger charge is -2.22. The summed E-state index contributed by atoms with van der Waals surface area (Å²) in [5, 5.41) is 13.5. The molecule has 18 heavy (non-hydrogen) atoms. The average Bonchev–Trinajstić information content (AvgIpc) is 2.70. The number of nitrogens with zero attached hydrogens (tertiary/aromatic N) is 2. The minimum atomic E-state index is -0.223. The Morgan fingerprint density at radius 3 is 2.33 bits per heavy atom. The maximum Gasteiger partial charge on any atom is 0.129 e. The van der Waals surface area contributed by atoms with Gasteiger partial charge < -0.3 is 10.8 Å². The van der Waals surface area contributed by atoms with E-state index in [1.54, 1.807) is 10.9 Å². The van der Waals surface area contributed by atoms with Gasteiger partial charge in [0, 0.05) is 18.0 Å². The van der Waals surface area contributed by atoms with E-state index >= 15 is 0 Å². The van der Waals surface area contributed by atoms with Crippen LogP contribution in [-0.4, -0.2) is 21.5 Å². The van der Waals surface area contributed by atoms with Crippen LogP contribution in [0.5, 0.6) is 0 Å². The smallest absolute Gasteiger partial charge is 0.129 e. The van der Waals surface area contributed by atoms with Gasteiger partial charge in [-0.3, -0.25) is 4.68 Å². The van der Waals surface area contributed by atoms with Crippen LogP contribution < -0.4 is 5.73 Å². The van der Waals surface area contributed by atoms with Crippen LogP contribution in [0.2, 0.25) is 0 Å². The summed E-state index contributed by atoms with van der Waals surface area (Å²) in [6.07, 6.45) is 1.77. The Bertz CT molecular complexity index is 541. The molecule has 0 aliphatic rings. The van der Waals surface area contributed by atoms with Crippen molar-refractivity contribution in [1.82, 2.24) is 9.78 Å². The molecule has 0 saturated carbocycles. The number of anilines is 1.